The van der Waals surface area contributed by atoms with Crippen LogP contribution in [0.3, 0.4) is 0 Å². The third kappa shape index (κ3) is 3.51. The molecule has 2 N–H and O–H groups in total. The van der Waals surface area contributed by atoms with Crippen LogP contribution in [-0.2, 0) is 6.42 Å². The maximum Gasteiger partial charge on any atom is 0.130 e. The summed E-state index contributed by atoms with van der Waals surface area (Å²) in [5.74, 6) is -0.0660. The van der Waals surface area contributed by atoms with Crippen LogP contribution in [0.1, 0.15) is 11.1 Å². The molecule has 0 amide bonds. The van der Waals surface area contributed by atoms with E-state index in [0.717, 1.165) is 5.56 Å². The minimum atomic E-state index is -0.395. The predicted octanol–water partition coefficient (Wildman–Crippen LogP) is 3.57. The zero-order valence-corrected chi connectivity index (χ0v) is 10.6. The van der Waals surface area contributed by atoms with Crippen molar-refractivity contribution in [3.63, 3.8) is 0 Å². The lowest BCUT2D eigenvalue weighted by molar-refractivity contribution is 0.470. The molecule has 0 aliphatic rings. The zero-order chi connectivity index (χ0) is 13.8. The van der Waals surface area contributed by atoms with Crippen LogP contribution in [0.25, 0.3) is 0 Å². The number of nitrogens with two attached hydrogens (primary N) is 1. The number of hydrogen-bond acceptors (Lipinski definition) is 2. The molecule has 100 valence electrons. The van der Waals surface area contributed by atoms with Gasteiger partial charge in [0, 0.05) is 12.1 Å². The second kappa shape index (κ2) is 5.80. The summed E-state index contributed by atoms with van der Waals surface area (Å²) in [6, 6.07) is 8.92. The van der Waals surface area contributed by atoms with Crippen molar-refractivity contribution in [2.75, 3.05) is 6.54 Å². The average Bonchev–Trinajstić information content (AvgIpc) is 2.33. The monoisotopic (exact) mass is 263 g/mol. The maximum atomic E-state index is 13.4. The molecule has 4 heteroatoms. The largest absolute Gasteiger partial charge is 0.457 e. The Morgan fingerprint density at radius 1 is 1.05 bits per heavy atom. The summed E-state index contributed by atoms with van der Waals surface area (Å²) in [7, 11) is 0. The first-order chi connectivity index (χ1) is 9.08. The summed E-state index contributed by atoms with van der Waals surface area (Å²) in [4.78, 5) is 0. The van der Waals surface area contributed by atoms with E-state index >= 15 is 0 Å². The molecule has 0 radical (unpaired) electrons. The van der Waals surface area contributed by atoms with E-state index in [1.807, 2.05) is 0 Å². The van der Waals surface area contributed by atoms with Crippen molar-refractivity contribution in [1.82, 2.24) is 0 Å². The normalized spacial score (nSPS) is 10.5. The van der Waals surface area contributed by atoms with E-state index in [1.165, 1.54) is 18.2 Å². The quantitative estimate of drug-likeness (QED) is 0.915. The van der Waals surface area contributed by atoms with E-state index in [0.29, 0.717) is 30.0 Å². The van der Waals surface area contributed by atoms with E-state index in [9.17, 15) is 8.78 Å². The summed E-state index contributed by atoms with van der Waals surface area (Å²) in [6.45, 7) is 2.10. The topological polar surface area (TPSA) is 35.2 Å². The molecule has 19 heavy (non-hydrogen) atoms. The maximum absolute atomic E-state index is 13.4. The molecule has 0 bridgehead atoms. The van der Waals surface area contributed by atoms with Crippen molar-refractivity contribution in [3.8, 4) is 11.5 Å². The molecule has 0 atom stereocenters. The fraction of sp³-hybridized carbons (Fsp3) is 0.200. The number of hydrogen-bond donors (Lipinski definition) is 1. The summed E-state index contributed by atoms with van der Waals surface area (Å²) in [5.41, 5.74) is 6.73. The average molecular weight is 263 g/mol. The van der Waals surface area contributed by atoms with Gasteiger partial charge in [-0.25, -0.2) is 8.78 Å². The Labute approximate surface area is 110 Å². The summed E-state index contributed by atoms with van der Waals surface area (Å²) in [6.07, 6.45) is 0.566. The van der Waals surface area contributed by atoms with Crippen LogP contribution in [-0.4, -0.2) is 6.54 Å². The molecule has 0 aliphatic heterocycles. The predicted molar refractivity (Wildman–Crippen MR) is 70.4 cm³/mol. The lowest BCUT2D eigenvalue weighted by atomic mass is 10.1. The molecular weight excluding hydrogens is 248 g/mol. The van der Waals surface area contributed by atoms with E-state index < -0.39 is 5.82 Å². The van der Waals surface area contributed by atoms with Gasteiger partial charge in [-0.15, -0.1) is 0 Å². The minimum Gasteiger partial charge on any atom is -0.457 e. The van der Waals surface area contributed by atoms with Crippen LogP contribution in [0.4, 0.5) is 8.78 Å². The Balaban J connectivity index is 2.24. The highest BCUT2D eigenvalue weighted by atomic mass is 19.1. The molecule has 0 unspecified atom stereocenters. The number of ether oxygens (including phenoxy) is 1. The third-order valence-electron chi connectivity index (χ3n) is 2.74. The van der Waals surface area contributed by atoms with Crippen LogP contribution in [0, 0.1) is 18.6 Å². The lowest BCUT2D eigenvalue weighted by Crippen LogP contribution is -2.03. The summed E-state index contributed by atoms with van der Waals surface area (Å²) >= 11 is 0. The molecule has 0 saturated heterocycles. The first-order valence-electron chi connectivity index (χ1n) is 6.02. The van der Waals surface area contributed by atoms with Gasteiger partial charge >= 0.3 is 0 Å². The Hall–Kier alpha value is -1.94. The second-order valence-corrected chi connectivity index (χ2v) is 4.35. The summed E-state index contributed by atoms with van der Waals surface area (Å²) in [5, 5.41) is 0. The van der Waals surface area contributed by atoms with Crippen LogP contribution in [0.15, 0.2) is 36.4 Å². The van der Waals surface area contributed by atoms with Crippen molar-refractivity contribution in [2.24, 2.45) is 5.73 Å². The van der Waals surface area contributed by atoms with Crippen LogP contribution in [0.5, 0.6) is 11.5 Å². The number of benzene rings is 2. The molecule has 2 rings (SSSR count). The standard InChI is InChI=1S/C15H15F2NO/c1-10-2-3-13(9-15(10)17)19-14-7-11(4-5-18)6-12(16)8-14/h2-3,6-9H,4-5,18H2,1H3. The van der Waals surface area contributed by atoms with Crippen LogP contribution < -0.4 is 10.5 Å². The van der Waals surface area contributed by atoms with Crippen molar-refractivity contribution in [1.29, 1.82) is 0 Å². The van der Waals surface area contributed by atoms with Gasteiger partial charge in [-0.05, 0) is 49.2 Å². The highest BCUT2D eigenvalue weighted by Crippen LogP contribution is 2.25. The number of halogens is 2. The number of aryl methyl sites for hydroxylation is 1. The molecular formula is C15H15F2NO. The molecule has 0 saturated carbocycles. The molecule has 2 aromatic rings. The van der Waals surface area contributed by atoms with Gasteiger partial charge in [-0.1, -0.05) is 6.07 Å². The minimum absolute atomic E-state index is 0.340. The third-order valence-corrected chi connectivity index (χ3v) is 2.74. The molecule has 0 aliphatic carbocycles. The van der Waals surface area contributed by atoms with Gasteiger partial charge in [0.1, 0.15) is 23.1 Å². The van der Waals surface area contributed by atoms with Gasteiger partial charge in [-0.3, -0.25) is 0 Å². The van der Waals surface area contributed by atoms with E-state index in [2.05, 4.69) is 0 Å². The Morgan fingerprint density at radius 3 is 2.53 bits per heavy atom. The smallest absolute Gasteiger partial charge is 0.130 e. The second-order valence-electron chi connectivity index (χ2n) is 4.35. The lowest BCUT2D eigenvalue weighted by Gasteiger charge is -2.09. The SMILES string of the molecule is Cc1ccc(Oc2cc(F)cc(CCN)c2)cc1F. The van der Waals surface area contributed by atoms with Gasteiger partial charge in [0.2, 0.25) is 0 Å². The first kappa shape index (κ1) is 13.5. The van der Waals surface area contributed by atoms with Crippen molar-refractivity contribution >= 4 is 0 Å². The van der Waals surface area contributed by atoms with Gasteiger partial charge in [0.25, 0.3) is 0 Å². The van der Waals surface area contributed by atoms with E-state index in [-0.39, 0.29) is 5.82 Å². The Kier molecular flexibility index (Phi) is 4.12. The van der Waals surface area contributed by atoms with Gasteiger partial charge in [0.05, 0.1) is 0 Å². The van der Waals surface area contributed by atoms with Crippen LogP contribution in [0.2, 0.25) is 0 Å². The molecule has 0 fully saturated rings. The van der Waals surface area contributed by atoms with Crippen molar-refractivity contribution < 1.29 is 13.5 Å². The summed E-state index contributed by atoms with van der Waals surface area (Å²) < 4.78 is 32.3. The van der Waals surface area contributed by atoms with Gasteiger partial charge < -0.3 is 10.5 Å². The fourth-order valence-corrected chi connectivity index (χ4v) is 1.76. The molecule has 0 aromatic heterocycles. The van der Waals surface area contributed by atoms with E-state index in [4.69, 9.17) is 10.5 Å². The van der Waals surface area contributed by atoms with Crippen molar-refractivity contribution in [3.05, 3.63) is 59.2 Å². The zero-order valence-electron chi connectivity index (χ0n) is 10.6. The van der Waals surface area contributed by atoms with Gasteiger partial charge in [0.15, 0.2) is 0 Å². The molecule has 0 spiro atoms. The fourth-order valence-electron chi connectivity index (χ4n) is 1.76. The first-order valence-corrected chi connectivity index (χ1v) is 6.02. The van der Waals surface area contributed by atoms with E-state index in [1.54, 1.807) is 25.1 Å². The Bertz CT molecular complexity index is 584. The molecule has 0 heterocycles. The van der Waals surface area contributed by atoms with Crippen LogP contribution >= 0.6 is 0 Å². The highest BCUT2D eigenvalue weighted by molar-refractivity contribution is 5.36. The Morgan fingerprint density at radius 2 is 1.84 bits per heavy atom. The highest BCUT2D eigenvalue weighted by Gasteiger charge is 2.05. The van der Waals surface area contributed by atoms with Gasteiger partial charge in [-0.2, -0.15) is 0 Å². The molecule has 2 aromatic carbocycles. The van der Waals surface area contributed by atoms with Crippen molar-refractivity contribution in [2.45, 2.75) is 13.3 Å². The number of rotatable bonds is 4. The molecule has 2 nitrogen and oxygen atoms in total.